The van der Waals surface area contributed by atoms with E-state index in [2.05, 4.69) is 10.0 Å². The Labute approximate surface area is 135 Å². The van der Waals surface area contributed by atoms with Gasteiger partial charge in [-0.1, -0.05) is 6.92 Å². The third kappa shape index (κ3) is 4.67. The topological polar surface area (TPSA) is 88.4 Å². The molecule has 0 aliphatic rings. The van der Waals surface area contributed by atoms with E-state index in [1.54, 1.807) is 44.6 Å². The van der Waals surface area contributed by atoms with Crippen LogP contribution in [0.4, 0.5) is 5.69 Å². The first-order valence-corrected chi connectivity index (χ1v) is 8.82. The van der Waals surface area contributed by atoms with Crippen LogP contribution < -0.4 is 10.0 Å². The van der Waals surface area contributed by atoms with Crippen LogP contribution in [-0.4, -0.2) is 20.9 Å². The lowest BCUT2D eigenvalue weighted by molar-refractivity contribution is -0.115. The van der Waals surface area contributed by atoms with Crippen LogP contribution in [0.5, 0.6) is 0 Å². The zero-order valence-corrected chi connectivity index (χ0v) is 13.9. The molecule has 2 N–H and O–H groups in total. The highest BCUT2D eigenvalue weighted by Gasteiger charge is 2.16. The van der Waals surface area contributed by atoms with Crippen LogP contribution in [-0.2, 0) is 21.2 Å². The SMILES string of the molecule is CCC(=O)Nc1ccc(S(=O)(=O)NCCc2ccoc2)c(C)c1. The summed E-state index contributed by atoms with van der Waals surface area (Å²) in [5.74, 6) is -0.113. The molecule has 0 bridgehead atoms. The third-order valence-corrected chi connectivity index (χ3v) is 4.98. The van der Waals surface area contributed by atoms with Crippen LogP contribution in [0, 0.1) is 6.92 Å². The Morgan fingerprint density at radius 2 is 2.04 bits per heavy atom. The van der Waals surface area contributed by atoms with Crippen LogP contribution in [0.15, 0.2) is 46.1 Å². The summed E-state index contributed by atoms with van der Waals surface area (Å²) in [6.45, 7) is 3.74. The molecule has 1 aromatic heterocycles. The number of nitrogens with one attached hydrogen (secondary N) is 2. The second kappa shape index (κ2) is 7.43. The Morgan fingerprint density at radius 3 is 2.65 bits per heavy atom. The largest absolute Gasteiger partial charge is 0.472 e. The molecule has 0 saturated heterocycles. The summed E-state index contributed by atoms with van der Waals surface area (Å²) in [5.41, 5.74) is 2.10. The molecule has 1 aromatic carbocycles. The maximum atomic E-state index is 12.3. The van der Waals surface area contributed by atoms with Gasteiger partial charge in [-0.25, -0.2) is 13.1 Å². The van der Waals surface area contributed by atoms with Crippen LogP contribution in [0.25, 0.3) is 0 Å². The van der Waals surface area contributed by atoms with Gasteiger partial charge in [-0.05, 0) is 48.7 Å². The van der Waals surface area contributed by atoms with Gasteiger partial charge in [0.15, 0.2) is 0 Å². The Morgan fingerprint density at radius 1 is 1.26 bits per heavy atom. The number of rotatable bonds is 7. The van der Waals surface area contributed by atoms with E-state index in [9.17, 15) is 13.2 Å². The molecule has 1 amide bonds. The predicted octanol–water partition coefficient (Wildman–Crippen LogP) is 2.46. The molecule has 0 atom stereocenters. The smallest absolute Gasteiger partial charge is 0.240 e. The summed E-state index contributed by atoms with van der Waals surface area (Å²) >= 11 is 0. The molecule has 0 unspecified atom stereocenters. The molecular formula is C16H20N2O4S. The van der Waals surface area contributed by atoms with E-state index in [-0.39, 0.29) is 17.3 Å². The molecule has 23 heavy (non-hydrogen) atoms. The van der Waals surface area contributed by atoms with Gasteiger partial charge in [0.2, 0.25) is 15.9 Å². The number of furan rings is 1. The lowest BCUT2D eigenvalue weighted by Gasteiger charge is -2.11. The van der Waals surface area contributed by atoms with Gasteiger partial charge in [0.05, 0.1) is 17.4 Å². The minimum atomic E-state index is -3.59. The second-order valence-corrected chi connectivity index (χ2v) is 6.90. The van der Waals surface area contributed by atoms with Crippen LogP contribution in [0.1, 0.15) is 24.5 Å². The number of hydrogen-bond acceptors (Lipinski definition) is 4. The summed E-state index contributed by atoms with van der Waals surface area (Å²) in [6, 6.07) is 6.54. The summed E-state index contributed by atoms with van der Waals surface area (Å²) in [6.07, 6.45) is 4.07. The van der Waals surface area contributed by atoms with Gasteiger partial charge >= 0.3 is 0 Å². The van der Waals surface area contributed by atoms with E-state index in [1.165, 1.54) is 6.07 Å². The maximum absolute atomic E-state index is 12.3. The van der Waals surface area contributed by atoms with Gasteiger partial charge < -0.3 is 9.73 Å². The van der Waals surface area contributed by atoms with Crippen molar-refractivity contribution in [3.8, 4) is 0 Å². The van der Waals surface area contributed by atoms with Crippen molar-refractivity contribution in [1.82, 2.24) is 4.72 Å². The first kappa shape index (κ1) is 17.2. The lowest BCUT2D eigenvalue weighted by Crippen LogP contribution is -2.26. The number of carbonyl (C=O) groups is 1. The second-order valence-electron chi connectivity index (χ2n) is 5.16. The average molecular weight is 336 g/mol. The number of benzene rings is 1. The van der Waals surface area contributed by atoms with Gasteiger partial charge in [0.25, 0.3) is 0 Å². The number of sulfonamides is 1. The first-order chi connectivity index (χ1) is 10.9. The Hall–Kier alpha value is -2.12. The van der Waals surface area contributed by atoms with E-state index in [1.807, 2.05) is 0 Å². The van der Waals surface area contributed by atoms with E-state index in [4.69, 9.17) is 4.42 Å². The number of hydrogen-bond donors (Lipinski definition) is 2. The Bertz CT molecular complexity index is 767. The summed E-state index contributed by atoms with van der Waals surface area (Å²) < 4.78 is 32.2. The zero-order valence-electron chi connectivity index (χ0n) is 13.1. The van der Waals surface area contributed by atoms with Crippen LogP contribution in [0.3, 0.4) is 0 Å². The quantitative estimate of drug-likeness (QED) is 0.813. The fourth-order valence-corrected chi connectivity index (χ4v) is 3.38. The molecule has 1 heterocycles. The van der Waals surface area contributed by atoms with Gasteiger partial charge in [-0.2, -0.15) is 0 Å². The summed E-state index contributed by atoms with van der Waals surface area (Å²) in [4.78, 5) is 11.6. The monoisotopic (exact) mass is 336 g/mol. The molecule has 0 saturated carbocycles. The fourth-order valence-electron chi connectivity index (χ4n) is 2.12. The minimum absolute atomic E-state index is 0.113. The van der Waals surface area contributed by atoms with Crippen molar-refractivity contribution < 1.29 is 17.6 Å². The third-order valence-electron chi connectivity index (χ3n) is 3.36. The van der Waals surface area contributed by atoms with Crippen molar-refractivity contribution in [2.45, 2.75) is 31.6 Å². The van der Waals surface area contributed by atoms with E-state index in [0.29, 0.717) is 24.1 Å². The fraction of sp³-hybridized carbons (Fsp3) is 0.312. The molecular weight excluding hydrogens is 316 g/mol. The van der Waals surface area contributed by atoms with Crippen molar-refractivity contribution in [2.24, 2.45) is 0 Å². The van der Waals surface area contributed by atoms with Gasteiger partial charge in [0.1, 0.15) is 0 Å². The number of carbonyl (C=O) groups excluding carboxylic acids is 1. The molecule has 2 aromatic rings. The molecule has 2 rings (SSSR count). The van der Waals surface area contributed by atoms with Crippen molar-refractivity contribution in [3.05, 3.63) is 47.9 Å². The zero-order chi connectivity index (χ0) is 16.9. The van der Waals surface area contributed by atoms with Gasteiger partial charge in [-0.15, -0.1) is 0 Å². The van der Waals surface area contributed by atoms with Gasteiger partial charge in [0, 0.05) is 18.7 Å². The van der Waals surface area contributed by atoms with Crippen LogP contribution in [0.2, 0.25) is 0 Å². The van der Waals surface area contributed by atoms with Crippen LogP contribution >= 0.6 is 0 Å². The number of aryl methyl sites for hydroxylation is 1. The number of amides is 1. The van der Waals surface area contributed by atoms with E-state index < -0.39 is 10.0 Å². The normalized spacial score (nSPS) is 11.4. The standard InChI is InChI=1S/C16H20N2O4S/c1-3-16(19)18-14-4-5-15(12(2)10-14)23(20,21)17-8-6-13-7-9-22-11-13/h4-5,7,9-11,17H,3,6,8H2,1-2H3,(H,18,19). The Balaban J connectivity index is 2.05. The lowest BCUT2D eigenvalue weighted by atomic mass is 10.2. The van der Waals surface area contributed by atoms with Gasteiger partial charge in [-0.3, -0.25) is 4.79 Å². The van der Waals surface area contributed by atoms with Crippen molar-refractivity contribution in [1.29, 1.82) is 0 Å². The summed E-state index contributed by atoms with van der Waals surface area (Å²) in [7, 11) is -3.59. The average Bonchev–Trinajstić information content (AvgIpc) is 3.00. The number of anilines is 1. The van der Waals surface area contributed by atoms with E-state index in [0.717, 1.165) is 5.56 Å². The highest BCUT2D eigenvalue weighted by Crippen LogP contribution is 2.19. The highest BCUT2D eigenvalue weighted by molar-refractivity contribution is 7.89. The molecule has 6 nitrogen and oxygen atoms in total. The molecule has 124 valence electrons. The molecule has 0 aliphatic carbocycles. The molecule has 0 radical (unpaired) electrons. The Kier molecular flexibility index (Phi) is 5.57. The summed E-state index contributed by atoms with van der Waals surface area (Å²) in [5, 5.41) is 2.71. The molecule has 0 spiro atoms. The molecule has 0 aliphatic heterocycles. The van der Waals surface area contributed by atoms with E-state index >= 15 is 0 Å². The predicted molar refractivity (Wildman–Crippen MR) is 87.7 cm³/mol. The highest BCUT2D eigenvalue weighted by atomic mass is 32.2. The first-order valence-electron chi connectivity index (χ1n) is 7.33. The van der Waals surface area contributed by atoms with Crippen molar-refractivity contribution in [3.63, 3.8) is 0 Å². The minimum Gasteiger partial charge on any atom is -0.472 e. The van der Waals surface area contributed by atoms with Crippen molar-refractivity contribution >= 4 is 21.6 Å². The maximum Gasteiger partial charge on any atom is 0.240 e. The molecule has 7 heteroatoms. The van der Waals surface area contributed by atoms with Crippen molar-refractivity contribution in [2.75, 3.05) is 11.9 Å². The molecule has 0 fully saturated rings.